The Balaban J connectivity index is 2.22. The van der Waals surface area contributed by atoms with Crippen LogP contribution in [0.25, 0.3) is 0 Å². The second-order valence-electron chi connectivity index (χ2n) is 4.36. The number of hydrogen-bond acceptors (Lipinski definition) is 4. The molecule has 3 nitrogen and oxygen atoms in total. The van der Waals surface area contributed by atoms with Gasteiger partial charge in [0.25, 0.3) is 0 Å². The molecule has 2 atom stereocenters. The Morgan fingerprint density at radius 3 is 2.94 bits per heavy atom. The minimum Gasteiger partial charge on any atom is -0.383 e. The number of rotatable bonds is 2. The highest BCUT2D eigenvalue weighted by Gasteiger charge is 2.25. The smallest absolute Gasteiger partial charge is 0.128 e. The molecule has 4 heteroatoms. The fraction of sp³-hybridized carbons (Fsp3) is 0.583. The maximum Gasteiger partial charge on any atom is 0.128 e. The first kappa shape index (κ1) is 11.7. The van der Waals surface area contributed by atoms with Crippen LogP contribution in [0, 0.1) is 6.92 Å². The van der Waals surface area contributed by atoms with E-state index in [0.29, 0.717) is 11.1 Å². The van der Waals surface area contributed by atoms with E-state index in [1.54, 1.807) is 6.20 Å². The Bertz CT molecular complexity index is 341. The van der Waals surface area contributed by atoms with Gasteiger partial charge in [-0.1, -0.05) is 6.42 Å². The van der Waals surface area contributed by atoms with E-state index in [4.69, 9.17) is 11.5 Å². The first-order valence-electron chi connectivity index (χ1n) is 5.78. The summed E-state index contributed by atoms with van der Waals surface area (Å²) in [6, 6.07) is 2.01. The molecule has 0 bridgehead atoms. The predicted octanol–water partition coefficient (Wildman–Crippen LogP) is 2.26. The van der Waals surface area contributed by atoms with Crippen molar-refractivity contribution in [2.45, 2.75) is 37.5 Å². The highest BCUT2D eigenvalue weighted by molar-refractivity contribution is 8.00. The van der Waals surface area contributed by atoms with E-state index >= 15 is 0 Å². The Morgan fingerprint density at radius 2 is 2.31 bits per heavy atom. The standard InChI is InChI=1S/C12H19N3S/c1-8-5-6-15-12(14)10(8)11(13)9-4-2-3-7-16-9/h5-6,9,11H,2-4,7,13H2,1H3,(H2,14,15). The van der Waals surface area contributed by atoms with Gasteiger partial charge in [-0.2, -0.15) is 11.8 Å². The number of aryl methyl sites for hydroxylation is 1. The van der Waals surface area contributed by atoms with Gasteiger partial charge in [0.05, 0.1) is 0 Å². The zero-order valence-corrected chi connectivity index (χ0v) is 10.5. The summed E-state index contributed by atoms with van der Waals surface area (Å²) in [6.07, 6.45) is 5.54. The number of nitrogen functional groups attached to an aromatic ring is 1. The molecule has 4 N–H and O–H groups in total. The average Bonchev–Trinajstić information content (AvgIpc) is 2.30. The molecule has 16 heavy (non-hydrogen) atoms. The van der Waals surface area contributed by atoms with E-state index in [9.17, 15) is 0 Å². The number of nitrogens with two attached hydrogens (primary N) is 2. The molecule has 1 saturated heterocycles. The van der Waals surface area contributed by atoms with Gasteiger partial charge in [0.2, 0.25) is 0 Å². The Morgan fingerprint density at radius 1 is 1.50 bits per heavy atom. The highest BCUT2D eigenvalue weighted by Crippen LogP contribution is 2.35. The fourth-order valence-electron chi connectivity index (χ4n) is 2.26. The highest BCUT2D eigenvalue weighted by atomic mass is 32.2. The quantitative estimate of drug-likeness (QED) is 0.828. The lowest BCUT2D eigenvalue weighted by Gasteiger charge is -2.28. The molecular formula is C12H19N3S. The molecule has 0 amide bonds. The summed E-state index contributed by atoms with van der Waals surface area (Å²) in [5.74, 6) is 1.82. The van der Waals surface area contributed by atoms with Gasteiger partial charge in [-0.25, -0.2) is 4.98 Å². The van der Waals surface area contributed by atoms with Crippen molar-refractivity contribution >= 4 is 17.6 Å². The Hall–Kier alpha value is -0.740. The maximum atomic E-state index is 6.33. The molecule has 1 aromatic heterocycles. The third kappa shape index (κ3) is 2.33. The fourth-order valence-corrected chi connectivity index (χ4v) is 3.61. The zero-order chi connectivity index (χ0) is 11.5. The molecule has 1 aliphatic rings. The summed E-state index contributed by atoms with van der Waals surface area (Å²) < 4.78 is 0. The van der Waals surface area contributed by atoms with Crippen LogP contribution in [0.3, 0.4) is 0 Å². The molecule has 88 valence electrons. The summed E-state index contributed by atoms with van der Waals surface area (Å²) in [5, 5.41) is 0.499. The van der Waals surface area contributed by atoms with Crippen LogP contribution >= 0.6 is 11.8 Å². The monoisotopic (exact) mass is 237 g/mol. The third-order valence-electron chi connectivity index (χ3n) is 3.19. The van der Waals surface area contributed by atoms with Gasteiger partial charge in [-0.05, 0) is 37.1 Å². The lowest BCUT2D eigenvalue weighted by atomic mass is 9.97. The van der Waals surface area contributed by atoms with Crippen molar-refractivity contribution in [2.75, 3.05) is 11.5 Å². The number of aromatic nitrogens is 1. The van der Waals surface area contributed by atoms with Crippen LogP contribution in [-0.2, 0) is 0 Å². The molecule has 0 aromatic carbocycles. The van der Waals surface area contributed by atoms with E-state index in [2.05, 4.69) is 11.9 Å². The summed E-state index contributed by atoms with van der Waals surface area (Å²) in [5.41, 5.74) is 14.5. The van der Waals surface area contributed by atoms with Crippen LogP contribution < -0.4 is 11.5 Å². The number of thioether (sulfide) groups is 1. The van der Waals surface area contributed by atoms with Crippen LogP contribution in [0.5, 0.6) is 0 Å². The van der Waals surface area contributed by atoms with E-state index in [-0.39, 0.29) is 6.04 Å². The van der Waals surface area contributed by atoms with Crippen LogP contribution in [-0.4, -0.2) is 16.0 Å². The molecular weight excluding hydrogens is 218 g/mol. The second kappa shape index (κ2) is 5.06. The van der Waals surface area contributed by atoms with Crippen LogP contribution in [0.1, 0.15) is 36.4 Å². The second-order valence-corrected chi connectivity index (χ2v) is 5.70. The lowest BCUT2D eigenvalue weighted by molar-refractivity contribution is 0.580. The SMILES string of the molecule is Cc1ccnc(N)c1C(N)C1CCCCS1. The van der Waals surface area contributed by atoms with Gasteiger partial charge in [-0.3, -0.25) is 0 Å². The first-order chi connectivity index (χ1) is 7.70. The van der Waals surface area contributed by atoms with Crippen molar-refractivity contribution in [3.63, 3.8) is 0 Å². The van der Waals surface area contributed by atoms with Crippen LogP contribution in [0.4, 0.5) is 5.82 Å². The van der Waals surface area contributed by atoms with E-state index in [1.807, 2.05) is 17.8 Å². The van der Waals surface area contributed by atoms with Crippen molar-refractivity contribution in [2.24, 2.45) is 5.73 Å². The van der Waals surface area contributed by atoms with Crippen molar-refractivity contribution in [3.05, 3.63) is 23.4 Å². The van der Waals surface area contributed by atoms with Crippen molar-refractivity contribution < 1.29 is 0 Å². The first-order valence-corrected chi connectivity index (χ1v) is 6.83. The topological polar surface area (TPSA) is 64.9 Å². The minimum absolute atomic E-state index is 0.0269. The van der Waals surface area contributed by atoms with Gasteiger partial charge in [0.15, 0.2) is 0 Å². The molecule has 1 aromatic rings. The molecule has 2 rings (SSSR count). The molecule has 0 aliphatic carbocycles. The predicted molar refractivity (Wildman–Crippen MR) is 70.4 cm³/mol. The largest absolute Gasteiger partial charge is 0.383 e. The average molecular weight is 237 g/mol. The third-order valence-corrected chi connectivity index (χ3v) is 4.67. The van der Waals surface area contributed by atoms with Crippen LogP contribution in [0.15, 0.2) is 12.3 Å². The van der Waals surface area contributed by atoms with Gasteiger partial charge >= 0.3 is 0 Å². The molecule has 0 spiro atoms. The Labute approximate surface area is 101 Å². The van der Waals surface area contributed by atoms with Gasteiger partial charge in [0, 0.05) is 23.1 Å². The summed E-state index contributed by atoms with van der Waals surface area (Å²) in [7, 11) is 0. The molecule has 0 radical (unpaired) electrons. The van der Waals surface area contributed by atoms with Gasteiger partial charge in [-0.15, -0.1) is 0 Å². The van der Waals surface area contributed by atoms with Crippen molar-refractivity contribution in [1.29, 1.82) is 0 Å². The normalized spacial score (nSPS) is 23.0. The lowest BCUT2D eigenvalue weighted by Crippen LogP contribution is -2.28. The molecule has 1 fully saturated rings. The summed E-state index contributed by atoms with van der Waals surface area (Å²) in [4.78, 5) is 4.14. The van der Waals surface area contributed by atoms with Crippen LogP contribution in [0.2, 0.25) is 0 Å². The van der Waals surface area contributed by atoms with E-state index in [1.165, 1.54) is 25.0 Å². The summed E-state index contributed by atoms with van der Waals surface area (Å²) in [6.45, 7) is 2.06. The number of anilines is 1. The van der Waals surface area contributed by atoms with Crippen molar-refractivity contribution in [1.82, 2.24) is 4.98 Å². The minimum atomic E-state index is 0.0269. The van der Waals surface area contributed by atoms with E-state index < -0.39 is 0 Å². The van der Waals surface area contributed by atoms with Crippen molar-refractivity contribution in [3.8, 4) is 0 Å². The Kier molecular flexibility index (Phi) is 3.71. The maximum absolute atomic E-state index is 6.33. The van der Waals surface area contributed by atoms with E-state index in [0.717, 1.165) is 11.1 Å². The number of hydrogen-bond donors (Lipinski definition) is 2. The number of nitrogens with zero attached hydrogens (tertiary/aromatic N) is 1. The molecule has 2 unspecified atom stereocenters. The summed E-state index contributed by atoms with van der Waals surface area (Å²) >= 11 is 1.98. The van der Waals surface area contributed by atoms with Gasteiger partial charge < -0.3 is 11.5 Å². The zero-order valence-electron chi connectivity index (χ0n) is 9.65. The number of pyridine rings is 1. The molecule has 2 heterocycles. The van der Waals surface area contributed by atoms with Gasteiger partial charge in [0.1, 0.15) is 5.82 Å². The molecule has 0 saturated carbocycles. The molecule has 1 aliphatic heterocycles.